The minimum Gasteiger partial charge on any atom is -0.492 e. The minimum atomic E-state index is 0.0591. The molecule has 6 heteroatoms. The number of amides is 1. The number of piperidine rings is 1. The predicted molar refractivity (Wildman–Crippen MR) is 94.9 cm³/mol. The van der Waals surface area contributed by atoms with E-state index in [-0.39, 0.29) is 11.3 Å². The van der Waals surface area contributed by atoms with Gasteiger partial charge in [0.1, 0.15) is 12.0 Å². The van der Waals surface area contributed by atoms with E-state index in [1.165, 1.54) is 6.26 Å². The van der Waals surface area contributed by atoms with Crippen molar-refractivity contribution in [3.8, 4) is 5.75 Å². The molecule has 4 heterocycles. The van der Waals surface area contributed by atoms with Gasteiger partial charge in [-0.2, -0.15) is 0 Å². The van der Waals surface area contributed by atoms with E-state index in [9.17, 15) is 4.79 Å². The van der Waals surface area contributed by atoms with Crippen LogP contribution >= 0.6 is 0 Å². The van der Waals surface area contributed by atoms with Gasteiger partial charge < -0.3 is 18.8 Å². The molecule has 0 aliphatic carbocycles. The van der Waals surface area contributed by atoms with Crippen molar-refractivity contribution in [2.24, 2.45) is 11.3 Å². The van der Waals surface area contributed by atoms with E-state index < -0.39 is 0 Å². The molecular formula is C20H24N2O4. The fraction of sp³-hybridized carbons (Fsp3) is 0.500. The third-order valence-electron chi connectivity index (χ3n) is 5.83. The van der Waals surface area contributed by atoms with Crippen molar-refractivity contribution in [3.63, 3.8) is 0 Å². The monoisotopic (exact) mass is 356 g/mol. The van der Waals surface area contributed by atoms with Crippen LogP contribution in [-0.4, -0.2) is 48.7 Å². The second-order valence-corrected chi connectivity index (χ2v) is 7.19. The third-order valence-corrected chi connectivity index (χ3v) is 5.83. The predicted octanol–water partition coefficient (Wildman–Crippen LogP) is 3.01. The molecule has 2 aliphatic rings. The smallest absolute Gasteiger partial charge is 0.257 e. The first-order valence-corrected chi connectivity index (χ1v) is 9.19. The summed E-state index contributed by atoms with van der Waals surface area (Å²) in [4.78, 5) is 18.6. The number of furan rings is 1. The Morgan fingerprint density at radius 3 is 2.92 bits per heavy atom. The Hall–Kier alpha value is -2.34. The SMILES string of the molecule is O=C(c1ccoc1)N1CCC2(CCOCC2COc2cccnc2)CC1. The summed E-state index contributed by atoms with van der Waals surface area (Å²) in [6, 6.07) is 5.53. The average molecular weight is 356 g/mol. The lowest BCUT2D eigenvalue weighted by molar-refractivity contribution is -0.0822. The fourth-order valence-electron chi connectivity index (χ4n) is 4.12. The standard InChI is InChI=1S/C20H24N2O4/c23-19(16-3-10-24-13-16)22-8-4-20(5-9-22)6-11-25-14-17(20)15-26-18-2-1-7-21-12-18/h1-3,7,10,12-13,17H,4-6,8-9,11,14-15H2. The van der Waals surface area contributed by atoms with Crippen LogP contribution in [0.1, 0.15) is 29.6 Å². The molecule has 1 unspecified atom stereocenters. The molecule has 0 bridgehead atoms. The van der Waals surface area contributed by atoms with Gasteiger partial charge in [-0.1, -0.05) is 0 Å². The lowest BCUT2D eigenvalue weighted by atomic mass is 9.66. The van der Waals surface area contributed by atoms with Crippen LogP contribution in [0.25, 0.3) is 0 Å². The molecule has 6 nitrogen and oxygen atoms in total. The Morgan fingerprint density at radius 2 is 2.19 bits per heavy atom. The first-order chi connectivity index (χ1) is 12.8. The summed E-state index contributed by atoms with van der Waals surface area (Å²) in [6.45, 7) is 3.68. The van der Waals surface area contributed by atoms with Gasteiger partial charge in [-0.3, -0.25) is 9.78 Å². The Balaban J connectivity index is 1.39. The quantitative estimate of drug-likeness (QED) is 0.843. The zero-order valence-electron chi connectivity index (χ0n) is 14.8. The summed E-state index contributed by atoms with van der Waals surface area (Å²) in [6.07, 6.45) is 9.55. The van der Waals surface area contributed by atoms with Gasteiger partial charge in [0.2, 0.25) is 0 Å². The number of ether oxygens (including phenoxy) is 2. The number of nitrogens with zero attached hydrogens (tertiary/aromatic N) is 2. The van der Waals surface area contributed by atoms with Crippen LogP contribution in [0.5, 0.6) is 5.75 Å². The van der Waals surface area contributed by atoms with Gasteiger partial charge in [0.15, 0.2) is 0 Å². The molecule has 2 saturated heterocycles. The molecular weight excluding hydrogens is 332 g/mol. The maximum atomic E-state index is 12.5. The van der Waals surface area contributed by atoms with Crippen molar-refractivity contribution in [3.05, 3.63) is 48.7 Å². The number of carbonyl (C=O) groups is 1. The molecule has 2 aromatic heterocycles. The highest BCUT2D eigenvalue weighted by Gasteiger charge is 2.44. The van der Waals surface area contributed by atoms with E-state index in [4.69, 9.17) is 13.9 Å². The van der Waals surface area contributed by atoms with E-state index in [0.29, 0.717) is 18.1 Å². The maximum Gasteiger partial charge on any atom is 0.257 e. The van der Waals surface area contributed by atoms with Crippen LogP contribution in [0.3, 0.4) is 0 Å². The van der Waals surface area contributed by atoms with Gasteiger partial charge in [0.05, 0.1) is 31.2 Å². The molecule has 1 amide bonds. The molecule has 0 radical (unpaired) electrons. The van der Waals surface area contributed by atoms with E-state index in [1.54, 1.807) is 24.7 Å². The highest BCUT2D eigenvalue weighted by Crippen LogP contribution is 2.45. The topological polar surface area (TPSA) is 64.8 Å². The molecule has 1 spiro atoms. The van der Waals surface area contributed by atoms with Gasteiger partial charge in [0.25, 0.3) is 5.91 Å². The molecule has 4 rings (SSSR count). The van der Waals surface area contributed by atoms with E-state index in [2.05, 4.69) is 4.98 Å². The first kappa shape index (κ1) is 17.1. The van der Waals surface area contributed by atoms with Crippen molar-refractivity contribution in [1.29, 1.82) is 0 Å². The van der Waals surface area contributed by atoms with Crippen LogP contribution in [0.2, 0.25) is 0 Å². The average Bonchev–Trinajstić information content (AvgIpc) is 3.23. The van der Waals surface area contributed by atoms with E-state index >= 15 is 0 Å². The van der Waals surface area contributed by atoms with Crippen LogP contribution in [0.4, 0.5) is 0 Å². The largest absolute Gasteiger partial charge is 0.492 e. The van der Waals surface area contributed by atoms with Crippen molar-refractivity contribution < 1.29 is 18.7 Å². The Kier molecular flexibility index (Phi) is 4.93. The molecule has 0 saturated carbocycles. The van der Waals surface area contributed by atoms with Crippen molar-refractivity contribution in [2.45, 2.75) is 19.3 Å². The van der Waals surface area contributed by atoms with Gasteiger partial charge in [-0.25, -0.2) is 0 Å². The van der Waals surface area contributed by atoms with Crippen LogP contribution in [0, 0.1) is 11.3 Å². The summed E-state index contributed by atoms with van der Waals surface area (Å²) < 4.78 is 16.8. The third kappa shape index (κ3) is 3.46. The molecule has 1 atom stereocenters. The first-order valence-electron chi connectivity index (χ1n) is 9.19. The Bertz CT molecular complexity index is 709. The number of aromatic nitrogens is 1. The van der Waals surface area contributed by atoms with Crippen LogP contribution in [0.15, 0.2) is 47.5 Å². The Morgan fingerprint density at radius 1 is 1.31 bits per heavy atom. The zero-order valence-corrected chi connectivity index (χ0v) is 14.8. The number of rotatable bonds is 4. The highest BCUT2D eigenvalue weighted by molar-refractivity contribution is 5.93. The zero-order chi connectivity index (χ0) is 17.8. The molecule has 2 aliphatic heterocycles. The van der Waals surface area contributed by atoms with Crippen molar-refractivity contribution in [1.82, 2.24) is 9.88 Å². The highest BCUT2D eigenvalue weighted by atomic mass is 16.5. The van der Waals surface area contributed by atoms with Crippen LogP contribution < -0.4 is 4.74 Å². The summed E-state index contributed by atoms with van der Waals surface area (Å²) >= 11 is 0. The molecule has 26 heavy (non-hydrogen) atoms. The second kappa shape index (κ2) is 7.50. The van der Waals surface area contributed by atoms with Gasteiger partial charge in [-0.05, 0) is 42.9 Å². The second-order valence-electron chi connectivity index (χ2n) is 7.19. The van der Waals surface area contributed by atoms with Crippen molar-refractivity contribution >= 4 is 5.91 Å². The summed E-state index contributed by atoms with van der Waals surface area (Å²) in [5, 5.41) is 0. The summed E-state index contributed by atoms with van der Waals surface area (Å²) in [7, 11) is 0. The minimum absolute atomic E-state index is 0.0591. The molecule has 0 N–H and O–H groups in total. The van der Waals surface area contributed by atoms with Crippen LogP contribution in [-0.2, 0) is 4.74 Å². The Labute approximate surface area is 153 Å². The van der Waals surface area contributed by atoms with Gasteiger partial charge >= 0.3 is 0 Å². The number of hydrogen-bond acceptors (Lipinski definition) is 5. The fourth-order valence-corrected chi connectivity index (χ4v) is 4.12. The number of pyridine rings is 1. The number of likely N-dealkylation sites (tertiary alicyclic amines) is 1. The summed E-state index contributed by atoms with van der Waals surface area (Å²) in [5.74, 6) is 1.19. The number of carbonyl (C=O) groups excluding carboxylic acids is 1. The normalized spacial score (nSPS) is 22.3. The van der Waals surface area contributed by atoms with Crippen molar-refractivity contribution in [2.75, 3.05) is 32.9 Å². The van der Waals surface area contributed by atoms with E-state index in [1.807, 2.05) is 17.0 Å². The summed E-state index contributed by atoms with van der Waals surface area (Å²) in [5.41, 5.74) is 0.817. The molecule has 138 valence electrons. The number of hydrogen-bond donors (Lipinski definition) is 0. The lowest BCUT2D eigenvalue weighted by Crippen LogP contribution is -2.50. The van der Waals surface area contributed by atoms with Gasteiger partial charge in [0, 0.05) is 31.8 Å². The van der Waals surface area contributed by atoms with E-state index in [0.717, 1.165) is 51.3 Å². The lowest BCUT2D eigenvalue weighted by Gasteiger charge is -2.48. The molecule has 2 aromatic rings. The molecule has 2 fully saturated rings. The maximum absolute atomic E-state index is 12.5. The molecule has 0 aromatic carbocycles. The van der Waals surface area contributed by atoms with Gasteiger partial charge in [-0.15, -0.1) is 0 Å².